The average molecular weight is 363 g/mol. The molecule has 1 N–H and O–H groups in total. The van der Waals surface area contributed by atoms with Crippen LogP contribution in [0.4, 0.5) is 4.39 Å². The van der Waals surface area contributed by atoms with Crippen molar-refractivity contribution in [1.82, 2.24) is 15.1 Å². The number of nitrogens with zero attached hydrogens (tertiary/aromatic N) is 2. The summed E-state index contributed by atoms with van der Waals surface area (Å²) in [6.07, 6.45) is 3.33. The number of aromatic nitrogens is 3. The van der Waals surface area contributed by atoms with E-state index in [0.717, 1.165) is 11.1 Å². The first-order valence-corrected chi connectivity index (χ1v) is 8.18. The molecule has 4 aromatic rings. The Morgan fingerprint density at radius 2 is 1.81 bits per heavy atom. The highest BCUT2D eigenvalue weighted by Gasteiger charge is 2.17. The molecule has 0 saturated heterocycles. The predicted octanol–water partition coefficient (Wildman–Crippen LogP) is 4.23. The predicted molar refractivity (Wildman–Crippen MR) is 95.0 cm³/mol. The average Bonchev–Trinajstić information content (AvgIpc) is 3.37. The van der Waals surface area contributed by atoms with E-state index in [9.17, 15) is 9.18 Å². The van der Waals surface area contributed by atoms with Crippen molar-refractivity contribution < 1.29 is 18.4 Å². The lowest BCUT2D eigenvalue weighted by molar-refractivity contribution is 0.0431. The van der Waals surface area contributed by atoms with Crippen LogP contribution in [0.2, 0.25) is 0 Å². The second-order valence-electron chi connectivity index (χ2n) is 5.74. The largest absolute Gasteiger partial charge is 0.452 e. The molecule has 0 fully saturated rings. The minimum atomic E-state index is -0.503. The fourth-order valence-electron chi connectivity index (χ4n) is 2.62. The van der Waals surface area contributed by atoms with Crippen LogP contribution in [-0.2, 0) is 11.3 Å². The van der Waals surface area contributed by atoms with Crippen LogP contribution < -0.4 is 0 Å². The van der Waals surface area contributed by atoms with Crippen molar-refractivity contribution in [2.75, 3.05) is 0 Å². The van der Waals surface area contributed by atoms with Crippen molar-refractivity contribution >= 4 is 5.97 Å². The monoisotopic (exact) mass is 363 g/mol. The third-order valence-corrected chi connectivity index (χ3v) is 3.95. The molecular formula is C20H14FN3O3. The molecule has 4 rings (SSSR count). The SMILES string of the molecule is O=C(OCc1nc(-c2ccc(F)cc2)no1)c1c[nH]cc1-c1ccccc1. The number of rotatable bonds is 5. The molecule has 0 aliphatic heterocycles. The summed E-state index contributed by atoms with van der Waals surface area (Å²) in [5, 5.41) is 3.82. The molecule has 0 atom stereocenters. The van der Waals surface area contributed by atoms with Crippen molar-refractivity contribution in [1.29, 1.82) is 0 Å². The Bertz CT molecular complexity index is 1060. The van der Waals surface area contributed by atoms with Gasteiger partial charge in [0.15, 0.2) is 6.61 Å². The van der Waals surface area contributed by atoms with Gasteiger partial charge in [0.05, 0.1) is 5.56 Å². The number of ether oxygens (including phenoxy) is 1. The molecule has 7 heteroatoms. The van der Waals surface area contributed by atoms with Crippen molar-refractivity contribution in [3.63, 3.8) is 0 Å². The smallest absolute Gasteiger partial charge is 0.340 e. The number of esters is 1. The zero-order chi connectivity index (χ0) is 18.6. The molecule has 2 heterocycles. The summed E-state index contributed by atoms with van der Waals surface area (Å²) in [7, 11) is 0. The molecule has 27 heavy (non-hydrogen) atoms. The molecule has 0 unspecified atom stereocenters. The third kappa shape index (κ3) is 3.62. The highest BCUT2D eigenvalue weighted by atomic mass is 19.1. The molecule has 0 amide bonds. The van der Waals surface area contributed by atoms with Gasteiger partial charge in [0.2, 0.25) is 5.82 Å². The van der Waals surface area contributed by atoms with Crippen LogP contribution >= 0.6 is 0 Å². The van der Waals surface area contributed by atoms with E-state index in [1.165, 1.54) is 12.1 Å². The Morgan fingerprint density at radius 1 is 1.04 bits per heavy atom. The summed E-state index contributed by atoms with van der Waals surface area (Å²) in [5.41, 5.74) is 2.68. The maximum absolute atomic E-state index is 13.0. The summed E-state index contributed by atoms with van der Waals surface area (Å²) in [4.78, 5) is 19.5. The molecule has 0 radical (unpaired) electrons. The van der Waals surface area contributed by atoms with Crippen LogP contribution in [0.25, 0.3) is 22.5 Å². The summed E-state index contributed by atoms with van der Waals surface area (Å²) in [6.45, 7) is -0.160. The lowest BCUT2D eigenvalue weighted by atomic mass is 10.1. The van der Waals surface area contributed by atoms with E-state index in [4.69, 9.17) is 9.26 Å². The molecule has 0 spiro atoms. The number of carbonyl (C=O) groups excluding carboxylic acids is 1. The van der Waals surface area contributed by atoms with Crippen LogP contribution in [0.15, 0.2) is 71.5 Å². The molecular weight excluding hydrogens is 349 g/mol. The lowest BCUT2D eigenvalue weighted by Gasteiger charge is -2.04. The minimum Gasteiger partial charge on any atom is -0.452 e. The first-order valence-electron chi connectivity index (χ1n) is 8.18. The van der Waals surface area contributed by atoms with Crippen molar-refractivity contribution in [2.24, 2.45) is 0 Å². The normalized spacial score (nSPS) is 10.7. The van der Waals surface area contributed by atoms with Crippen LogP contribution in [0, 0.1) is 5.82 Å². The van der Waals surface area contributed by atoms with Gasteiger partial charge in [-0.1, -0.05) is 35.5 Å². The van der Waals surface area contributed by atoms with Crippen LogP contribution in [0.3, 0.4) is 0 Å². The highest BCUT2D eigenvalue weighted by molar-refractivity contribution is 5.97. The van der Waals surface area contributed by atoms with E-state index in [1.807, 2.05) is 30.3 Å². The molecule has 6 nitrogen and oxygen atoms in total. The van der Waals surface area contributed by atoms with Crippen LogP contribution in [0.1, 0.15) is 16.2 Å². The van der Waals surface area contributed by atoms with E-state index in [0.29, 0.717) is 17.0 Å². The van der Waals surface area contributed by atoms with E-state index < -0.39 is 5.97 Å². The van der Waals surface area contributed by atoms with Gasteiger partial charge in [0.1, 0.15) is 5.82 Å². The first kappa shape index (κ1) is 16.7. The quantitative estimate of drug-likeness (QED) is 0.537. The third-order valence-electron chi connectivity index (χ3n) is 3.95. The Hall–Kier alpha value is -3.74. The second-order valence-corrected chi connectivity index (χ2v) is 5.74. The summed E-state index contributed by atoms with van der Waals surface area (Å²) >= 11 is 0. The zero-order valence-electron chi connectivity index (χ0n) is 14.1. The van der Waals surface area contributed by atoms with E-state index in [-0.39, 0.29) is 18.3 Å². The maximum atomic E-state index is 13.0. The van der Waals surface area contributed by atoms with Gasteiger partial charge in [-0.15, -0.1) is 0 Å². The molecule has 2 aromatic heterocycles. The molecule has 134 valence electrons. The van der Waals surface area contributed by atoms with Gasteiger partial charge in [0, 0.05) is 23.5 Å². The van der Waals surface area contributed by atoms with Gasteiger partial charge in [-0.05, 0) is 29.8 Å². The number of hydrogen-bond acceptors (Lipinski definition) is 5. The summed E-state index contributed by atoms with van der Waals surface area (Å²) in [5.74, 6) is -0.402. The number of nitrogens with one attached hydrogen (secondary N) is 1. The van der Waals surface area contributed by atoms with Gasteiger partial charge in [-0.25, -0.2) is 9.18 Å². The molecule has 2 aromatic carbocycles. The molecule has 0 saturated carbocycles. The van der Waals surface area contributed by atoms with Crippen LogP contribution in [0.5, 0.6) is 0 Å². The van der Waals surface area contributed by atoms with Gasteiger partial charge < -0.3 is 14.2 Å². The number of H-pyrrole nitrogens is 1. The molecule has 0 bridgehead atoms. The molecule has 0 aliphatic rings. The van der Waals surface area contributed by atoms with Gasteiger partial charge in [-0.2, -0.15) is 4.98 Å². The van der Waals surface area contributed by atoms with Crippen molar-refractivity contribution in [3.05, 3.63) is 84.3 Å². The Labute approximate surface area is 153 Å². The highest BCUT2D eigenvalue weighted by Crippen LogP contribution is 2.24. The standard InChI is InChI=1S/C20H14FN3O3/c21-15-8-6-14(7-9-15)19-23-18(27-24-19)12-26-20(25)17-11-22-10-16(17)13-4-2-1-3-5-13/h1-11,22H,12H2. The number of hydrogen-bond donors (Lipinski definition) is 1. The van der Waals surface area contributed by atoms with E-state index in [2.05, 4.69) is 15.1 Å². The summed E-state index contributed by atoms with van der Waals surface area (Å²) < 4.78 is 23.4. The topological polar surface area (TPSA) is 81.0 Å². The minimum absolute atomic E-state index is 0.152. The lowest BCUT2D eigenvalue weighted by Crippen LogP contribution is -2.05. The van der Waals surface area contributed by atoms with E-state index >= 15 is 0 Å². The number of aromatic amines is 1. The van der Waals surface area contributed by atoms with Crippen molar-refractivity contribution in [2.45, 2.75) is 6.61 Å². The summed E-state index contributed by atoms with van der Waals surface area (Å²) in [6, 6.07) is 15.2. The van der Waals surface area contributed by atoms with Crippen molar-refractivity contribution in [3.8, 4) is 22.5 Å². The Morgan fingerprint density at radius 3 is 2.59 bits per heavy atom. The maximum Gasteiger partial charge on any atom is 0.340 e. The number of carbonyl (C=O) groups is 1. The number of halogens is 1. The van der Waals surface area contributed by atoms with E-state index in [1.54, 1.807) is 24.5 Å². The Balaban J connectivity index is 1.45. The van der Waals surface area contributed by atoms with Gasteiger partial charge in [-0.3, -0.25) is 0 Å². The van der Waals surface area contributed by atoms with Crippen LogP contribution in [-0.4, -0.2) is 21.1 Å². The number of benzene rings is 2. The van der Waals surface area contributed by atoms with Gasteiger partial charge >= 0.3 is 5.97 Å². The Kier molecular flexibility index (Phi) is 4.49. The van der Waals surface area contributed by atoms with Gasteiger partial charge in [0.25, 0.3) is 5.89 Å². The fourth-order valence-corrected chi connectivity index (χ4v) is 2.62. The first-order chi connectivity index (χ1) is 13.2. The zero-order valence-corrected chi connectivity index (χ0v) is 14.1. The fraction of sp³-hybridized carbons (Fsp3) is 0.0500. The second kappa shape index (κ2) is 7.25. The molecule has 0 aliphatic carbocycles.